The zero-order valence-electron chi connectivity index (χ0n) is 12.0. The fourth-order valence-electron chi connectivity index (χ4n) is 3.19. The van der Waals surface area contributed by atoms with Gasteiger partial charge in [0.1, 0.15) is 0 Å². The number of amides is 1. The van der Waals surface area contributed by atoms with E-state index in [4.69, 9.17) is 5.73 Å². The molecule has 1 fully saturated rings. The Bertz CT molecular complexity index is 679. The maximum atomic E-state index is 12.5. The molecule has 0 bridgehead atoms. The van der Waals surface area contributed by atoms with Crippen LogP contribution in [0.1, 0.15) is 40.6 Å². The first-order valence-corrected chi connectivity index (χ1v) is 9.91. The van der Waals surface area contributed by atoms with Crippen molar-refractivity contribution in [3.05, 3.63) is 16.0 Å². The van der Waals surface area contributed by atoms with E-state index in [0.717, 1.165) is 24.8 Å². The number of rotatable bonds is 2. The Kier molecular flexibility index (Phi) is 3.73. The van der Waals surface area contributed by atoms with Crippen LogP contribution in [0.3, 0.4) is 0 Å². The molecule has 21 heavy (non-hydrogen) atoms. The molecule has 3 N–H and O–H groups in total. The highest BCUT2D eigenvalue weighted by Crippen LogP contribution is 2.38. The lowest BCUT2D eigenvalue weighted by molar-refractivity contribution is 0.0941. The second kappa shape index (κ2) is 5.28. The van der Waals surface area contributed by atoms with Crippen LogP contribution in [-0.4, -0.2) is 31.9 Å². The van der Waals surface area contributed by atoms with Crippen LogP contribution in [0.4, 0.5) is 5.00 Å². The van der Waals surface area contributed by atoms with Gasteiger partial charge in [-0.25, -0.2) is 8.42 Å². The molecule has 0 radical (unpaired) electrons. The normalized spacial score (nSPS) is 27.3. The van der Waals surface area contributed by atoms with E-state index in [1.807, 2.05) is 0 Å². The van der Waals surface area contributed by atoms with Gasteiger partial charge in [0.2, 0.25) is 0 Å². The zero-order chi connectivity index (χ0) is 15.2. The molecule has 0 unspecified atom stereocenters. The Morgan fingerprint density at radius 1 is 1.38 bits per heavy atom. The van der Waals surface area contributed by atoms with Gasteiger partial charge in [0, 0.05) is 10.9 Å². The summed E-state index contributed by atoms with van der Waals surface area (Å²) in [5, 5.41) is 3.41. The van der Waals surface area contributed by atoms with Gasteiger partial charge in [-0.2, -0.15) is 0 Å². The van der Waals surface area contributed by atoms with E-state index in [2.05, 4.69) is 12.2 Å². The summed E-state index contributed by atoms with van der Waals surface area (Å²) in [5.41, 5.74) is 7.70. The highest BCUT2D eigenvalue weighted by atomic mass is 32.2. The largest absolute Gasteiger partial charge is 0.390 e. The number of carbonyl (C=O) groups is 1. The molecule has 3 rings (SSSR count). The number of nitrogens with two attached hydrogens (primary N) is 1. The lowest BCUT2D eigenvalue weighted by atomic mass is 9.88. The van der Waals surface area contributed by atoms with E-state index in [-0.39, 0.29) is 23.5 Å². The van der Waals surface area contributed by atoms with Crippen molar-refractivity contribution in [2.45, 2.75) is 38.6 Å². The molecule has 1 saturated heterocycles. The van der Waals surface area contributed by atoms with E-state index >= 15 is 0 Å². The van der Waals surface area contributed by atoms with Gasteiger partial charge in [-0.05, 0) is 37.2 Å². The fourth-order valence-corrected chi connectivity index (χ4v) is 6.14. The first kappa shape index (κ1) is 14.8. The average molecular weight is 328 g/mol. The highest BCUT2D eigenvalue weighted by Gasteiger charge is 2.32. The van der Waals surface area contributed by atoms with Gasteiger partial charge in [-0.15, -0.1) is 11.3 Å². The van der Waals surface area contributed by atoms with Gasteiger partial charge in [0.15, 0.2) is 9.84 Å². The van der Waals surface area contributed by atoms with E-state index in [0.29, 0.717) is 22.9 Å². The number of sulfone groups is 1. The summed E-state index contributed by atoms with van der Waals surface area (Å²) >= 11 is 1.51. The number of fused-ring (bicyclic) bond motifs is 1. The number of carbonyl (C=O) groups excluding carboxylic acids is 1. The summed E-state index contributed by atoms with van der Waals surface area (Å²) in [6, 6.07) is -0.278. The molecule has 2 heterocycles. The number of nitrogen functional groups attached to an aromatic ring is 1. The smallest absolute Gasteiger partial charge is 0.254 e. The van der Waals surface area contributed by atoms with E-state index in [1.54, 1.807) is 0 Å². The predicted octanol–water partition coefficient (Wildman–Crippen LogP) is 1.37. The number of hydrogen-bond donors (Lipinski definition) is 2. The number of hydrogen-bond acceptors (Lipinski definition) is 5. The minimum Gasteiger partial charge on any atom is -0.390 e. The van der Waals surface area contributed by atoms with Crippen molar-refractivity contribution in [3.8, 4) is 0 Å². The molecular formula is C14H20N2O3S2. The van der Waals surface area contributed by atoms with E-state index in [9.17, 15) is 13.2 Å². The van der Waals surface area contributed by atoms with Crippen molar-refractivity contribution in [2.75, 3.05) is 17.2 Å². The first-order chi connectivity index (χ1) is 9.85. The molecule has 1 amide bonds. The zero-order valence-corrected chi connectivity index (χ0v) is 13.6. The van der Waals surface area contributed by atoms with Crippen molar-refractivity contribution in [1.82, 2.24) is 5.32 Å². The fraction of sp³-hybridized carbons (Fsp3) is 0.643. The van der Waals surface area contributed by atoms with Gasteiger partial charge in [-0.3, -0.25) is 4.79 Å². The number of anilines is 1. The number of thiophene rings is 1. The molecular weight excluding hydrogens is 308 g/mol. The van der Waals surface area contributed by atoms with Crippen LogP contribution in [0.15, 0.2) is 0 Å². The molecule has 2 aliphatic rings. The average Bonchev–Trinajstić information content (AvgIpc) is 2.87. The summed E-state index contributed by atoms with van der Waals surface area (Å²) in [4.78, 5) is 13.7. The molecule has 1 aromatic rings. The molecule has 2 atom stereocenters. The Labute approximate surface area is 128 Å². The lowest BCUT2D eigenvalue weighted by Crippen LogP contribution is -2.36. The van der Waals surface area contributed by atoms with Crippen LogP contribution in [0.2, 0.25) is 0 Å². The molecule has 1 aliphatic carbocycles. The standard InChI is InChI=1S/C14H20N2O3S2/c1-8-2-3-10-11(6-8)20-13(15)12(10)14(17)16-9-4-5-21(18,19)7-9/h8-9H,2-7,15H2,1H3,(H,16,17)/t8-,9-/m0/s1. The molecule has 1 aromatic heterocycles. The molecule has 0 saturated carbocycles. The second-order valence-corrected chi connectivity index (χ2v) is 9.53. The maximum absolute atomic E-state index is 12.5. The van der Waals surface area contributed by atoms with Crippen LogP contribution in [-0.2, 0) is 22.7 Å². The Balaban J connectivity index is 1.79. The third kappa shape index (κ3) is 2.94. The second-order valence-electron chi connectivity index (χ2n) is 6.16. The van der Waals surface area contributed by atoms with Crippen LogP contribution < -0.4 is 11.1 Å². The van der Waals surface area contributed by atoms with Crippen LogP contribution >= 0.6 is 11.3 Å². The summed E-state index contributed by atoms with van der Waals surface area (Å²) in [6.07, 6.45) is 3.43. The molecule has 0 spiro atoms. The Morgan fingerprint density at radius 3 is 2.81 bits per heavy atom. The van der Waals surface area contributed by atoms with Crippen LogP contribution in [0.5, 0.6) is 0 Å². The van der Waals surface area contributed by atoms with Gasteiger partial charge in [0.25, 0.3) is 5.91 Å². The summed E-state index contributed by atoms with van der Waals surface area (Å²) in [7, 11) is -2.99. The SMILES string of the molecule is C[C@H]1CCc2c(sc(N)c2C(=O)N[C@H]2CCS(=O)(=O)C2)C1. The van der Waals surface area contributed by atoms with Gasteiger partial charge in [-0.1, -0.05) is 6.92 Å². The van der Waals surface area contributed by atoms with Crippen molar-refractivity contribution in [2.24, 2.45) is 5.92 Å². The Morgan fingerprint density at radius 2 is 2.14 bits per heavy atom. The predicted molar refractivity (Wildman–Crippen MR) is 84.4 cm³/mol. The summed E-state index contributed by atoms with van der Waals surface area (Å²) < 4.78 is 22.9. The quantitative estimate of drug-likeness (QED) is 0.858. The first-order valence-electron chi connectivity index (χ1n) is 7.27. The van der Waals surface area contributed by atoms with Crippen molar-refractivity contribution in [3.63, 3.8) is 0 Å². The minimum absolute atomic E-state index is 0.0437. The van der Waals surface area contributed by atoms with Gasteiger partial charge >= 0.3 is 0 Å². The number of nitrogens with one attached hydrogen (secondary N) is 1. The van der Waals surface area contributed by atoms with E-state index in [1.165, 1.54) is 16.2 Å². The van der Waals surface area contributed by atoms with Crippen molar-refractivity contribution >= 4 is 32.1 Å². The third-order valence-corrected chi connectivity index (χ3v) is 7.19. The highest BCUT2D eigenvalue weighted by molar-refractivity contribution is 7.91. The molecule has 0 aromatic carbocycles. The maximum Gasteiger partial charge on any atom is 0.254 e. The summed E-state index contributed by atoms with van der Waals surface area (Å²) in [5.74, 6) is 0.627. The van der Waals surface area contributed by atoms with Crippen molar-refractivity contribution in [1.29, 1.82) is 0 Å². The van der Waals surface area contributed by atoms with Crippen LogP contribution in [0, 0.1) is 5.92 Å². The Hall–Kier alpha value is -1.08. The molecule has 116 valence electrons. The lowest BCUT2D eigenvalue weighted by Gasteiger charge is -2.19. The topological polar surface area (TPSA) is 89.3 Å². The molecule has 1 aliphatic heterocycles. The monoisotopic (exact) mass is 328 g/mol. The minimum atomic E-state index is -2.99. The molecule has 5 nitrogen and oxygen atoms in total. The van der Waals surface area contributed by atoms with Gasteiger partial charge < -0.3 is 11.1 Å². The molecule has 7 heteroatoms. The van der Waals surface area contributed by atoms with Gasteiger partial charge in [0.05, 0.1) is 22.1 Å². The van der Waals surface area contributed by atoms with Crippen LogP contribution in [0.25, 0.3) is 0 Å². The van der Waals surface area contributed by atoms with E-state index < -0.39 is 9.84 Å². The summed E-state index contributed by atoms with van der Waals surface area (Å²) in [6.45, 7) is 2.21. The third-order valence-electron chi connectivity index (χ3n) is 4.33. The van der Waals surface area contributed by atoms with Crippen molar-refractivity contribution < 1.29 is 13.2 Å².